The second kappa shape index (κ2) is 6.80. The fourth-order valence-electron chi connectivity index (χ4n) is 2.65. The molecule has 0 spiro atoms. The van der Waals surface area contributed by atoms with E-state index in [1.165, 1.54) is 24.3 Å². The molecule has 4 rings (SSSR count). The Morgan fingerprint density at radius 1 is 0.962 bits per heavy atom. The van der Waals surface area contributed by atoms with Crippen LogP contribution in [0.1, 0.15) is 15.9 Å². The highest BCUT2D eigenvalue weighted by Crippen LogP contribution is 2.24. The zero-order chi connectivity index (χ0) is 17.9. The predicted octanol–water partition coefficient (Wildman–Crippen LogP) is 4.56. The molecule has 0 bridgehead atoms. The minimum absolute atomic E-state index is 0.243. The van der Waals surface area contributed by atoms with E-state index in [0.29, 0.717) is 18.0 Å². The first-order chi connectivity index (χ1) is 12.7. The van der Waals surface area contributed by atoms with Gasteiger partial charge in [0.2, 0.25) is 5.89 Å². The van der Waals surface area contributed by atoms with Gasteiger partial charge in [-0.1, -0.05) is 24.3 Å². The van der Waals surface area contributed by atoms with Crippen molar-refractivity contribution in [1.29, 1.82) is 0 Å². The van der Waals surface area contributed by atoms with Gasteiger partial charge in [-0.25, -0.2) is 9.37 Å². The van der Waals surface area contributed by atoms with Crippen molar-refractivity contribution < 1.29 is 13.6 Å². The van der Waals surface area contributed by atoms with Crippen LogP contribution in [0.2, 0.25) is 0 Å². The van der Waals surface area contributed by atoms with Gasteiger partial charge in [0.1, 0.15) is 11.3 Å². The van der Waals surface area contributed by atoms with E-state index < -0.39 is 0 Å². The third-order valence-corrected chi connectivity index (χ3v) is 4.05. The highest BCUT2D eigenvalue weighted by molar-refractivity contribution is 5.94. The molecule has 0 fully saturated rings. The quantitative estimate of drug-likeness (QED) is 0.589. The molecule has 0 aliphatic heterocycles. The summed E-state index contributed by atoms with van der Waals surface area (Å²) < 4.78 is 18.7. The Balaban J connectivity index is 1.44. The number of hydrogen-bond donors (Lipinski definition) is 1. The average Bonchev–Trinajstić information content (AvgIpc) is 3.11. The Morgan fingerprint density at radius 2 is 1.69 bits per heavy atom. The normalized spacial score (nSPS) is 10.8. The van der Waals surface area contributed by atoms with E-state index in [0.717, 1.165) is 22.2 Å². The summed E-state index contributed by atoms with van der Waals surface area (Å²) in [5.74, 6) is -0.0440. The van der Waals surface area contributed by atoms with E-state index in [4.69, 9.17) is 4.42 Å². The summed E-state index contributed by atoms with van der Waals surface area (Å²) in [5, 5.41) is 2.81. The summed E-state index contributed by atoms with van der Waals surface area (Å²) in [4.78, 5) is 16.5. The number of aromatic nitrogens is 1. The SMILES string of the molecule is O=C(NCc1ccc(-c2nc3ccccc3o2)cc1)c1ccc(F)cc1. The fraction of sp³-hybridized carbons (Fsp3) is 0.0476. The summed E-state index contributed by atoms with van der Waals surface area (Å²) in [6.07, 6.45) is 0. The molecule has 0 aliphatic rings. The molecule has 1 N–H and O–H groups in total. The highest BCUT2D eigenvalue weighted by atomic mass is 19.1. The molecular weight excluding hydrogens is 331 g/mol. The molecule has 1 heterocycles. The van der Waals surface area contributed by atoms with E-state index in [9.17, 15) is 9.18 Å². The van der Waals surface area contributed by atoms with Crippen LogP contribution >= 0.6 is 0 Å². The van der Waals surface area contributed by atoms with Gasteiger partial charge < -0.3 is 9.73 Å². The summed E-state index contributed by atoms with van der Waals surface area (Å²) in [6, 6.07) is 20.7. The number of nitrogens with zero attached hydrogens (tertiary/aromatic N) is 1. The predicted molar refractivity (Wildman–Crippen MR) is 97.0 cm³/mol. The lowest BCUT2D eigenvalue weighted by molar-refractivity contribution is 0.0951. The second-order valence-corrected chi connectivity index (χ2v) is 5.87. The Morgan fingerprint density at radius 3 is 2.42 bits per heavy atom. The van der Waals surface area contributed by atoms with E-state index in [1.54, 1.807) is 0 Å². The zero-order valence-corrected chi connectivity index (χ0v) is 13.8. The van der Waals surface area contributed by atoms with Crippen LogP contribution in [-0.2, 0) is 6.54 Å². The van der Waals surface area contributed by atoms with Gasteiger partial charge in [0.15, 0.2) is 5.58 Å². The first-order valence-electron chi connectivity index (χ1n) is 8.18. The Hall–Kier alpha value is -3.47. The highest BCUT2D eigenvalue weighted by Gasteiger charge is 2.08. The number of nitrogens with one attached hydrogen (secondary N) is 1. The number of hydrogen-bond acceptors (Lipinski definition) is 3. The standard InChI is InChI=1S/C21H15FN2O2/c22-17-11-9-15(10-12-17)20(25)23-13-14-5-7-16(8-6-14)21-24-18-3-1-2-4-19(18)26-21/h1-12H,13H2,(H,23,25). The van der Waals surface area contributed by atoms with Gasteiger partial charge in [0.05, 0.1) is 0 Å². The second-order valence-electron chi connectivity index (χ2n) is 5.87. The molecule has 0 saturated heterocycles. The maximum Gasteiger partial charge on any atom is 0.251 e. The van der Waals surface area contributed by atoms with Gasteiger partial charge in [-0.2, -0.15) is 0 Å². The van der Waals surface area contributed by atoms with Crippen LogP contribution in [0.3, 0.4) is 0 Å². The molecule has 0 radical (unpaired) electrons. The number of carbonyl (C=O) groups is 1. The Kier molecular flexibility index (Phi) is 4.19. The molecule has 128 valence electrons. The lowest BCUT2D eigenvalue weighted by atomic mass is 10.1. The van der Waals surface area contributed by atoms with E-state index in [2.05, 4.69) is 10.3 Å². The number of amides is 1. The number of fused-ring (bicyclic) bond motifs is 1. The average molecular weight is 346 g/mol. The molecule has 0 aliphatic carbocycles. The van der Waals surface area contributed by atoms with Crippen LogP contribution in [0.4, 0.5) is 4.39 Å². The van der Waals surface area contributed by atoms with Gasteiger partial charge in [-0.15, -0.1) is 0 Å². The first kappa shape index (κ1) is 16.0. The van der Waals surface area contributed by atoms with Crippen molar-refractivity contribution in [2.75, 3.05) is 0 Å². The lowest BCUT2D eigenvalue weighted by Crippen LogP contribution is -2.22. The third-order valence-electron chi connectivity index (χ3n) is 4.05. The number of oxazole rings is 1. The minimum atomic E-state index is -0.365. The molecule has 26 heavy (non-hydrogen) atoms. The Labute approximate surface area is 149 Å². The topological polar surface area (TPSA) is 55.1 Å². The number of benzene rings is 3. The van der Waals surface area contributed by atoms with E-state index in [-0.39, 0.29) is 11.7 Å². The van der Waals surface area contributed by atoms with Crippen LogP contribution in [0.15, 0.2) is 77.2 Å². The monoisotopic (exact) mass is 346 g/mol. The van der Waals surface area contributed by atoms with Crippen molar-refractivity contribution in [2.45, 2.75) is 6.54 Å². The van der Waals surface area contributed by atoms with Gasteiger partial charge in [0, 0.05) is 17.7 Å². The van der Waals surface area contributed by atoms with Crippen LogP contribution in [0.5, 0.6) is 0 Å². The maximum atomic E-state index is 12.9. The molecule has 0 saturated carbocycles. The van der Waals surface area contributed by atoms with Crippen molar-refractivity contribution in [1.82, 2.24) is 10.3 Å². The third kappa shape index (κ3) is 3.32. The smallest absolute Gasteiger partial charge is 0.251 e. The first-order valence-corrected chi connectivity index (χ1v) is 8.18. The molecular formula is C21H15FN2O2. The van der Waals surface area contributed by atoms with Crippen molar-refractivity contribution in [3.63, 3.8) is 0 Å². The number of carbonyl (C=O) groups excluding carboxylic acids is 1. The molecule has 3 aromatic carbocycles. The largest absolute Gasteiger partial charge is 0.436 e. The summed E-state index contributed by atoms with van der Waals surface area (Å²) >= 11 is 0. The maximum absolute atomic E-state index is 12.9. The molecule has 0 unspecified atom stereocenters. The van der Waals surface area contributed by atoms with Gasteiger partial charge in [-0.3, -0.25) is 4.79 Å². The molecule has 4 aromatic rings. The Bertz CT molecular complexity index is 1020. The van der Waals surface area contributed by atoms with Crippen molar-refractivity contribution in [3.05, 3.63) is 89.7 Å². The van der Waals surface area contributed by atoms with Crippen molar-refractivity contribution in [2.24, 2.45) is 0 Å². The molecule has 1 aromatic heterocycles. The molecule has 4 nitrogen and oxygen atoms in total. The van der Waals surface area contributed by atoms with Crippen LogP contribution in [0.25, 0.3) is 22.6 Å². The molecule has 0 atom stereocenters. The van der Waals surface area contributed by atoms with E-state index in [1.807, 2.05) is 48.5 Å². The molecule has 1 amide bonds. The van der Waals surface area contributed by atoms with Gasteiger partial charge >= 0.3 is 0 Å². The minimum Gasteiger partial charge on any atom is -0.436 e. The number of para-hydroxylation sites is 2. The van der Waals surface area contributed by atoms with Crippen LogP contribution < -0.4 is 5.32 Å². The van der Waals surface area contributed by atoms with E-state index >= 15 is 0 Å². The summed E-state index contributed by atoms with van der Waals surface area (Å²) in [7, 11) is 0. The van der Waals surface area contributed by atoms with Gasteiger partial charge in [0.25, 0.3) is 5.91 Å². The fourth-order valence-corrected chi connectivity index (χ4v) is 2.65. The van der Waals surface area contributed by atoms with Gasteiger partial charge in [-0.05, 0) is 54.1 Å². The number of halogens is 1. The summed E-state index contributed by atoms with van der Waals surface area (Å²) in [6.45, 7) is 0.379. The zero-order valence-electron chi connectivity index (χ0n) is 13.8. The van der Waals surface area contributed by atoms with Crippen molar-refractivity contribution in [3.8, 4) is 11.5 Å². The molecule has 5 heteroatoms. The van der Waals surface area contributed by atoms with Crippen LogP contribution in [0, 0.1) is 5.82 Å². The summed E-state index contributed by atoms with van der Waals surface area (Å²) in [5.41, 5.74) is 3.81. The number of rotatable bonds is 4. The van der Waals surface area contributed by atoms with Crippen LogP contribution in [-0.4, -0.2) is 10.9 Å². The lowest BCUT2D eigenvalue weighted by Gasteiger charge is -2.06. The van der Waals surface area contributed by atoms with Crippen molar-refractivity contribution >= 4 is 17.0 Å².